The maximum atomic E-state index is 13.5. The van der Waals surface area contributed by atoms with Gasteiger partial charge in [-0.15, -0.1) is 0 Å². The standard InChI is InChI=1S/C23H24FN7/c24-18-8-3-5-16(13-18)6-4-10-30-11-12-31(14-17-7-1-2-9-19(17)30)22-20-21(27-15-26-20)28-23(25)29-22/h1-3,5,7-9,13,15H,4,6,10-12,14H2,(H3,25,26,27,28,29). The van der Waals surface area contributed by atoms with Gasteiger partial charge in [0.05, 0.1) is 6.33 Å². The van der Waals surface area contributed by atoms with Crippen LogP contribution in [0.1, 0.15) is 17.5 Å². The minimum absolute atomic E-state index is 0.178. The molecule has 0 saturated heterocycles. The van der Waals surface area contributed by atoms with Crippen LogP contribution in [-0.4, -0.2) is 39.6 Å². The number of rotatable bonds is 5. The van der Waals surface area contributed by atoms with E-state index in [1.807, 2.05) is 6.07 Å². The van der Waals surface area contributed by atoms with Crippen LogP contribution in [0, 0.1) is 5.82 Å². The molecule has 0 unspecified atom stereocenters. The zero-order valence-corrected chi connectivity index (χ0v) is 17.1. The molecule has 31 heavy (non-hydrogen) atoms. The number of nitrogens with two attached hydrogens (primary N) is 1. The van der Waals surface area contributed by atoms with Crippen LogP contribution in [-0.2, 0) is 13.0 Å². The third kappa shape index (κ3) is 4.01. The van der Waals surface area contributed by atoms with Gasteiger partial charge in [-0.2, -0.15) is 9.97 Å². The zero-order chi connectivity index (χ0) is 21.2. The number of nitrogen functional groups attached to an aromatic ring is 1. The number of aryl methyl sites for hydroxylation is 1. The highest BCUT2D eigenvalue weighted by Gasteiger charge is 2.23. The molecule has 0 spiro atoms. The van der Waals surface area contributed by atoms with E-state index >= 15 is 0 Å². The van der Waals surface area contributed by atoms with Gasteiger partial charge in [0, 0.05) is 31.9 Å². The molecule has 0 aliphatic carbocycles. The Labute approximate surface area is 179 Å². The molecule has 3 N–H and O–H groups in total. The second-order valence-corrected chi connectivity index (χ2v) is 7.78. The summed E-state index contributed by atoms with van der Waals surface area (Å²) in [6, 6.07) is 15.3. The van der Waals surface area contributed by atoms with Crippen LogP contribution in [0.5, 0.6) is 0 Å². The summed E-state index contributed by atoms with van der Waals surface area (Å²) in [6.07, 6.45) is 3.41. The van der Waals surface area contributed by atoms with Crippen LogP contribution >= 0.6 is 0 Å². The molecule has 158 valence electrons. The predicted octanol–water partition coefficient (Wildman–Crippen LogP) is 3.53. The quantitative estimate of drug-likeness (QED) is 0.517. The SMILES string of the molecule is Nc1nc(N2CCN(CCCc3cccc(F)c3)c3ccccc3C2)c2[nH]cnc2n1. The second-order valence-electron chi connectivity index (χ2n) is 7.78. The van der Waals surface area contributed by atoms with Crippen molar-refractivity contribution in [3.05, 3.63) is 71.8 Å². The van der Waals surface area contributed by atoms with Gasteiger partial charge in [0.1, 0.15) is 11.3 Å². The maximum Gasteiger partial charge on any atom is 0.224 e. The number of hydrogen-bond donors (Lipinski definition) is 2. The lowest BCUT2D eigenvalue weighted by atomic mass is 10.1. The minimum Gasteiger partial charge on any atom is -0.369 e. The van der Waals surface area contributed by atoms with Crippen molar-refractivity contribution in [2.24, 2.45) is 0 Å². The van der Waals surface area contributed by atoms with Crippen molar-refractivity contribution >= 4 is 28.6 Å². The Kier molecular flexibility index (Phi) is 5.11. The van der Waals surface area contributed by atoms with Gasteiger partial charge in [-0.3, -0.25) is 0 Å². The van der Waals surface area contributed by atoms with Crippen LogP contribution < -0.4 is 15.5 Å². The van der Waals surface area contributed by atoms with E-state index in [-0.39, 0.29) is 11.8 Å². The number of H-pyrrole nitrogens is 1. The van der Waals surface area contributed by atoms with Gasteiger partial charge >= 0.3 is 0 Å². The van der Waals surface area contributed by atoms with Crippen molar-refractivity contribution in [1.29, 1.82) is 0 Å². The summed E-state index contributed by atoms with van der Waals surface area (Å²) < 4.78 is 13.5. The Bertz CT molecular complexity index is 1210. The number of fused-ring (bicyclic) bond motifs is 2. The first-order valence-electron chi connectivity index (χ1n) is 10.5. The molecule has 3 heterocycles. The molecule has 0 fully saturated rings. The fourth-order valence-corrected chi connectivity index (χ4v) is 4.24. The van der Waals surface area contributed by atoms with E-state index in [2.05, 4.69) is 54.0 Å². The highest BCUT2D eigenvalue weighted by atomic mass is 19.1. The van der Waals surface area contributed by atoms with Crippen molar-refractivity contribution < 1.29 is 4.39 Å². The van der Waals surface area contributed by atoms with Crippen LogP contribution in [0.3, 0.4) is 0 Å². The molecule has 0 amide bonds. The number of halogens is 1. The van der Waals surface area contributed by atoms with E-state index in [0.29, 0.717) is 5.65 Å². The van der Waals surface area contributed by atoms with Crippen LogP contribution in [0.2, 0.25) is 0 Å². The molecule has 0 atom stereocenters. The number of nitrogens with one attached hydrogen (secondary N) is 1. The topological polar surface area (TPSA) is 87.0 Å². The number of hydrogen-bond acceptors (Lipinski definition) is 6. The number of aromatic amines is 1. The van der Waals surface area contributed by atoms with Crippen LogP contribution in [0.4, 0.5) is 21.8 Å². The molecule has 1 aliphatic rings. The second kappa shape index (κ2) is 8.22. The van der Waals surface area contributed by atoms with E-state index in [1.165, 1.54) is 17.3 Å². The fraction of sp³-hybridized carbons (Fsp3) is 0.261. The number of anilines is 3. The molecule has 5 rings (SSSR count). The van der Waals surface area contributed by atoms with Crippen molar-refractivity contribution in [2.75, 3.05) is 35.2 Å². The van der Waals surface area contributed by atoms with Gasteiger partial charge in [0.15, 0.2) is 11.5 Å². The summed E-state index contributed by atoms with van der Waals surface area (Å²) in [5.74, 6) is 0.818. The molecule has 0 radical (unpaired) electrons. The Morgan fingerprint density at radius 3 is 2.87 bits per heavy atom. The van der Waals surface area contributed by atoms with Crippen molar-refractivity contribution in [1.82, 2.24) is 19.9 Å². The zero-order valence-electron chi connectivity index (χ0n) is 17.1. The van der Waals surface area contributed by atoms with Crippen molar-refractivity contribution in [2.45, 2.75) is 19.4 Å². The van der Waals surface area contributed by atoms with E-state index in [0.717, 1.165) is 55.9 Å². The smallest absolute Gasteiger partial charge is 0.224 e. The third-order valence-electron chi connectivity index (χ3n) is 5.70. The monoisotopic (exact) mass is 417 g/mol. The van der Waals surface area contributed by atoms with E-state index in [4.69, 9.17) is 5.73 Å². The van der Waals surface area contributed by atoms with Crippen LogP contribution in [0.25, 0.3) is 11.2 Å². The molecule has 2 aromatic heterocycles. The molecule has 2 aromatic carbocycles. The van der Waals surface area contributed by atoms with Crippen LogP contribution in [0.15, 0.2) is 54.9 Å². The average molecular weight is 417 g/mol. The highest BCUT2D eigenvalue weighted by Crippen LogP contribution is 2.30. The van der Waals surface area contributed by atoms with Gasteiger partial charge in [-0.05, 0) is 42.2 Å². The summed E-state index contributed by atoms with van der Waals surface area (Å²) in [5.41, 5.74) is 10.8. The molecule has 8 heteroatoms. The minimum atomic E-state index is -0.178. The first kappa shape index (κ1) is 19.3. The van der Waals surface area contributed by atoms with Gasteiger partial charge in [-0.1, -0.05) is 30.3 Å². The summed E-state index contributed by atoms with van der Waals surface area (Å²) in [5, 5.41) is 0. The molecule has 4 aromatic rings. The van der Waals surface area contributed by atoms with E-state index in [9.17, 15) is 4.39 Å². The van der Waals surface area contributed by atoms with Gasteiger partial charge < -0.3 is 20.5 Å². The molecular weight excluding hydrogens is 393 g/mol. The predicted molar refractivity (Wildman–Crippen MR) is 121 cm³/mol. The van der Waals surface area contributed by atoms with E-state index in [1.54, 1.807) is 18.5 Å². The Balaban J connectivity index is 1.37. The van der Waals surface area contributed by atoms with Crippen molar-refractivity contribution in [3.63, 3.8) is 0 Å². The first-order chi connectivity index (χ1) is 15.2. The highest BCUT2D eigenvalue weighted by molar-refractivity contribution is 5.84. The first-order valence-corrected chi connectivity index (χ1v) is 10.5. The molecule has 0 saturated carbocycles. The van der Waals surface area contributed by atoms with Gasteiger partial charge in [0.25, 0.3) is 0 Å². The number of nitrogens with zero attached hydrogens (tertiary/aromatic N) is 5. The number of benzene rings is 2. The lowest BCUT2D eigenvalue weighted by Crippen LogP contribution is -2.33. The number of aromatic nitrogens is 4. The Morgan fingerprint density at radius 2 is 1.97 bits per heavy atom. The average Bonchev–Trinajstić information content (AvgIpc) is 3.15. The summed E-state index contributed by atoms with van der Waals surface area (Å²) in [7, 11) is 0. The van der Waals surface area contributed by atoms with Gasteiger partial charge in [-0.25, -0.2) is 9.37 Å². The largest absolute Gasteiger partial charge is 0.369 e. The number of para-hydroxylation sites is 1. The Hall–Kier alpha value is -3.68. The molecule has 1 aliphatic heterocycles. The lowest BCUT2D eigenvalue weighted by Gasteiger charge is -2.25. The number of imidazole rings is 1. The Morgan fingerprint density at radius 1 is 1.06 bits per heavy atom. The normalized spacial score (nSPS) is 14.0. The van der Waals surface area contributed by atoms with Gasteiger partial charge in [0.2, 0.25) is 5.95 Å². The lowest BCUT2D eigenvalue weighted by molar-refractivity contribution is 0.624. The third-order valence-corrected chi connectivity index (χ3v) is 5.70. The fourth-order valence-electron chi connectivity index (χ4n) is 4.24. The van der Waals surface area contributed by atoms with E-state index < -0.39 is 0 Å². The maximum absolute atomic E-state index is 13.5. The molecular formula is C23H24FN7. The summed E-state index contributed by atoms with van der Waals surface area (Å²) >= 11 is 0. The summed E-state index contributed by atoms with van der Waals surface area (Å²) in [4.78, 5) is 20.7. The molecule has 7 nitrogen and oxygen atoms in total. The summed E-state index contributed by atoms with van der Waals surface area (Å²) in [6.45, 7) is 3.26. The molecule has 0 bridgehead atoms. The van der Waals surface area contributed by atoms with Crippen molar-refractivity contribution in [3.8, 4) is 0 Å².